The Morgan fingerprint density at radius 1 is 1.26 bits per heavy atom. The van der Waals surface area contributed by atoms with Crippen molar-refractivity contribution in [2.45, 2.75) is 44.6 Å². The lowest BCUT2D eigenvalue weighted by Gasteiger charge is -2.34. The Balaban J connectivity index is 2.20. The van der Waals surface area contributed by atoms with Crippen molar-refractivity contribution in [3.8, 4) is 0 Å². The molecule has 1 aliphatic rings. The summed E-state index contributed by atoms with van der Waals surface area (Å²) < 4.78 is 14.1. The second-order valence-corrected chi connectivity index (χ2v) is 5.72. The van der Waals surface area contributed by atoms with Crippen LogP contribution < -0.4 is 5.73 Å². The molecule has 0 amide bonds. The Kier molecular flexibility index (Phi) is 4.94. The fourth-order valence-electron chi connectivity index (χ4n) is 3.00. The van der Waals surface area contributed by atoms with Gasteiger partial charge in [-0.05, 0) is 38.4 Å². The van der Waals surface area contributed by atoms with Crippen LogP contribution in [0.1, 0.15) is 44.6 Å². The third-order valence-corrected chi connectivity index (χ3v) is 4.09. The molecule has 1 heterocycles. The number of benzene rings is 1. The molecule has 1 aromatic rings. The molecule has 0 radical (unpaired) electrons. The summed E-state index contributed by atoms with van der Waals surface area (Å²) in [6.45, 7) is 5.12. The van der Waals surface area contributed by atoms with Crippen molar-refractivity contribution in [3.63, 3.8) is 0 Å². The first kappa shape index (κ1) is 14.5. The molecular formula is C16H25FN2. The van der Waals surface area contributed by atoms with Crippen LogP contribution in [0.2, 0.25) is 0 Å². The van der Waals surface area contributed by atoms with E-state index in [-0.39, 0.29) is 5.82 Å². The standard InChI is InChI=1S/C16H25FN2/c1-2-3-10-16(18,13-19-11-6-7-12-19)14-8-4-5-9-15(14)17/h4-5,8-9H,2-3,6-7,10-13,18H2,1H3. The molecule has 0 aromatic heterocycles. The Labute approximate surface area is 115 Å². The number of unbranched alkanes of at least 4 members (excludes halogenated alkanes) is 1. The Morgan fingerprint density at radius 2 is 1.95 bits per heavy atom. The molecule has 1 aromatic carbocycles. The third-order valence-electron chi connectivity index (χ3n) is 4.09. The van der Waals surface area contributed by atoms with E-state index in [1.807, 2.05) is 12.1 Å². The van der Waals surface area contributed by atoms with Gasteiger partial charge in [0.05, 0.1) is 5.54 Å². The number of likely N-dealkylation sites (tertiary alicyclic amines) is 1. The summed E-state index contributed by atoms with van der Waals surface area (Å²) in [5, 5.41) is 0. The summed E-state index contributed by atoms with van der Waals surface area (Å²) in [5.41, 5.74) is 6.73. The molecule has 1 aliphatic heterocycles. The van der Waals surface area contributed by atoms with Gasteiger partial charge in [-0.1, -0.05) is 38.0 Å². The van der Waals surface area contributed by atoms with Crippen molar-refractivity contribution in [3.05, 3.63) is 35.6 Å². The molecule has 19 heavy (non-hydrogen) atoms. The zero-order chi connectivity index (χ0) is 13.7. The minimum atomic E-state index is -0.550. The Hall–Kier alpha value is -0.930. The van der Waals surface area contributed by atoms with Gasteiger partial charge in [-0.15, -0.1) is 0 Å². The summed E-state index contributed by atoms with van der Waals surface area (Å²) in [6.07, 6.45) is 5.45. The van der Waals surface area contributed by atoms with E-state index in [2.05, 4.69) is 11.8 Å². The van der Waals surface area contributed by atoms with Gasteiger partial charge in [0.15, 0.2) is 0 Å². The summed E-state index contributed by atoms with van der Waals surface area (Å²) in [7, 11) is 0. The van der Waals surface area contributed by atoms with Crippen LogP contribution >= 0.6 is 0 Å². The van der Waals surface area contributed by atoms with E-state index in [4.69, 9.17) is 5.73 Å². The molecule has 2 rings (SSSR count). The number of halogens is 1. The van der Waals surface area contributed by atoms with Crippen molar-refractivity contribution in [1.82, 2.24) is 4.90 Å². The van der Waals surface area contributed by atoms with E-state index < -0.39 is 5.54 Å². The molecule has 1 atom stereocenters. The van der Waals surface area contributed by atoms with Gasteiger partial charge in [0.25, 0.3) is 0 Å². The quantitative estimate of drug-likeness (QED) is 0.854. The molecule has 0 spiro atoms. The minimum absolute atomic E-state index is 0.166. The lowest BCUT2D eigenvalue weighted by atomic mass is 9.85. The molecule has 1 fully saturated rings. The fourth-order valence-corrected chi connectivity index (χ4v) is 3.00. The van der Waals surface area contributed by atoms with E-state index in [1.54, 1.807) is 6.07 Å². The Morgan fingerprint density at radius 3 is 2.58 bits per heavy atom. The van der Waals surface area contributed by atoms with E-state index in [0.29, 0.717) is 5.56 Å². The summed E-state index contributed by atoms with van der Waals surface area (Å²) >= 11 is 0. The predicted octanol–water partition coefficient (Wildman–Crippen LogP) is 3.27. The van der Waals surface area contributed by atoms with Gasteiger partial charge >= 0.3 is 0 Å². The number of nitrogens with two attached hydrogens (primary N) is 1. The maximum absolute atomic E-state index is 14.1. The number of nitrogens with zero attached hydrogens (tertiary/aromatic N) is 1. The molecule has 0 bridgehead atoms. The van der Waals surface area contributed by atoms with Crippen LogP contribution in [-0.4, -0.2) is 24.5 Å². The highest BCUT2D eigenvalue weighted by Gasteiger charge is 2.32. The zero-order valence-corrected chi connectivity index (χ0v) is 11.9. The molecule has 1 saturated heterocycles. The molecule has 106 valence electrons. The smallest absolute Gasteiger partial charge is 0.128 e. The molecule has 0 aliphatic carbocycles. The first-order valence-corrected chi connectivity index (χ1v) is 7.42. The first-order chi connectivity index (χ1) is 9.15. The van der Waals surface area contributed by atoms with Gasteiger partial charge in [0.1, 0.15) is 5.82 Å². The van der Waals surface area contributed by atoms with Gasteiger partial charge < -0.3 is 10.6 Å². The van der Waals surface area contributed by atoms with Crippen LogP contribution in [0.25, 0.3) is 0 Å². The van der Waals surface area contributed by atoms with Gasteiger partial charge in [0, 0.05) is 12.1 Å². The van der Waals surface area contributed by atoms with Crippen molar-refractivity contribution in [1.29, 1.82) is 0 Å². The fraction of sp³-hybridized carbons (Fsp3) is 0.625. The molecule has 0 saturated carbocycles. The van der Waals surface area contributed by atoms with Gasteiger partial charge in [-0.3, -0.25) is 0 Å². The number of rotatable bonds is 6. The van der Waals surface area contributed by atoms with Crippen LogP contribution in [0.3, 0.4) is 0 Å². The van der Waals surface area contributed by atoms with Crippen molar-refractivity contribution in [2.75, 3.05) is 19.6 Å². The van der Waals surface area contributed by atoms with E-state index >= 15 is 0 Å². The molecule has 2 N–H and O–H groups in total. The van der Waals surface area contributed by atoms with Crippen LogP contribution in [0, 0.1) is 5.82 Å². The van der Waals surface area contributed by atoms with E-state index in [1.165, 1.54) is 18.9 Å². The normalized spacial score (nSPS) is 19.5. The van der Waals surface area contributed by atoms with Gasteiger partial charge in [-0.25, -0.2) is 4.39 Å². The summed E-state index contributed by atoms with van der Waals surface area (Å²) in [6, 6.07) is 6.98. The second kappa shape index (κ2) is 6.49. The average Bonchev–Trinajstić information content (AvgIpc) is 2.89. The van der Waals surface area contributed by atoms with Gasteiger partial charge in [0.2, 0.25) is 0 Å². The zero-order valence-electron chi connectivity index (χ0n) is 11.9. The SMILES string of the molecule is CCCCC(N)(CN1CCCC1)c1ccccc1F. The second-order valence-electron chi connectivity index (χ2n) is 5.72. The maximum Gasteiger partial charge on any atom is 0.128 e. The highest BCUT2D eigenvalue weighted by Crippen LogP contribution is 2.29. The van der Waals surface area contributed by atoms with Crippen molar-refractivity contribution in [2.24, 2.45) is 5.73 Å². The van der Waals surface area contributed by atoms with Crippen LogP contribution in [0.4, 0.5) is 4.39 Å². The highest BCUT2D eigenvalue weighted by molar-refractivity contribution is 5.26. The number of hydrogen-bond donors (Lipinski definition) is 1. The monoisotopic (exact) mass is 264 g/mol. The largest absolute Gasteiger partial charge is 0.320 e. The van der Waals surface area contributed by atoms with Crippen LogP contribution in [0.5, 0.6) is 0 Å². The van der Waals surface area contributed by atoms with Crippen LogP contribution in [0.15, 0.2) is 24.3 Å². The lowest BCUT2D eigenvalue weighted by molar-refractivity contribution is 0.228. The third kappa shape index (κ3) is 3.54. The predicted molar refractivity (Wildman–Crippen MR) is 77.5 cm³/mol. The lowest BCUT2D eigenvalue weighted by Crippen LogP contribution is -2.47. The summed E-state index contributed by atoms with van der Waals surface area (Å²) in [4.78, 5) is 2.38. The van der Waals surface area contributed by atoms with Crippen molar-refractivity contribution >= 4 is 0 Å². The van der Waals surface area contributed by atoms with E-state index in [9.17, 15) is 4.39 Å². The van der Waals surface area contributed by atoms with Gasteiger partial charge in [-0.2, -0.15) is 0 Å². The Bertz CT molecular complexity index is 401. The molecule has 2 nitrogen and oxygen atoms in total. The van der Waals surface area contributed by atoms with Crippen molar-refractivity contribution < 1.29 is 4.39 Å². The highest BCUT2D eigenvalue weighted by atomic mass is 19.1. The topological polar surface area (TPSA) is 29.3 Å². The molecular weight excluding hydrogens is 239 g/mol. The first-order valence-electron chi connectivity index (χ1n) is 7.42. The summed E-state index contributed by atoms with van der Waals surface area (Å²) in [5.74, 6) is -0.166. The maximum atomic E-state index is 14.1. The van der Waals surface area contributed by atoms with Crippen LogP contribution in [-0.2, 0) is 5.54 Å². The number of hydrogen-bond acceptors (Lipinski definition) is 2. The molecule has 1 unspecified atom stereocenters. The minimum Gasteiger partial charge on any atom is -0.320 e. The average molecular weight is 264 g/mol. The molecule has 3 heteroatoms. The van der Waals surface area contributed by atoms with E-state index in [0.717, 1.165) is 38.9 Å².